The van der Waals surface area contributed by atoms with Crippen LogP contribution in [0.5, 0.6) is 5.75 Å². The second-order valence-electron chi connectivity index (χ2n) is 5.28. The van der Waals surface area contributed by atoms with Gasteiger partial charge in [-0.3, -0.25) is 4.90 Å². The van der Waals surface area contributed by atoms with Gasteiger partial charge in [0.25, 0.3) is 0 Å². The van der Waals surface area contributed by atoms with Gasteiger partial charge in [-0.15, -0.1) is 0 Å². The molecule has 1 unspecified atom stereocenters. The van der Waals surface area contributed by atoms with E-state index in [0.717, 1.165) is 54.0 Å². The van der Waals surface area contributed by atoms with E-state index in [2.05, 4.69) is 16.0 Å². The maximum atomic E-state index is 6.25. The van der Waals surface area contributed by atoms with Crippen molar-refractivity contribution in [2.24, 2.45) is 0 Å². The Morgan fingerprint density at radius 3 is 2.86 bits per heavy atom. The van der Waals surface area contributed by atoms with E-state index in [9.17, 15) is 0 Å². The molecule has 0 bridgehead atoms. The van der Waals surface area contributed by atoms with Crippen molar-refractivity contribution >= 4 is 11.8 Å². The summed E-state index contributed by atoms with van der Waals surface area (Å²) in [6.07, 6.45) is 3.76. The summed E-state index contributed by atoms with van der Waals surface area (Å²) in [5, 5.41) is 0.788. The Labute approximate surface area is 133 Å². The molecule has 0 radical (unpaired) electrons. The molecule has 1 aromatic carbocycles. The molecule has 0 saturated carbocycles. The highest BCUT2D eigenvalue weighted by molar-refractivity contribution is 7.98. The molecule has 0 N–H and O–H groups in total. The maximum absolute atomic E-state index is 6.25. The lowest BCUT2D eigenvalue weighted by molar-refractivity contribution is -0.0488. The molecule has 0 spiro atoms. The van der Waals surface area contributed by atoms with E-state index >= 15 is 0 Å². The highest BCUT2D eigenvalue weighted by atomic mass is 32.2. The molecular formula is C16H17N3O2S. The fourth-order valence-corrected chi connectivity index (χ4v) is 3.24. The fourth-order valence-electron chi connectivity index (χ4n) is 2.90. The van der Waals surface area contributed by atoms with Gasteiger partial charge in [-0.1, -0.05) is 23.9 Å². The first kappa shape index (κ1) is 14.0. The van der Waals surface area contributed by atoms with Gasteiger partial charge < -0.3 is 9.47 Å². The fraction of sp³-hybridized carbons (Fsp3) is 0.375. The minimum Gasteiger partial charge on any atom is -0.470 e. The summed E-state index contributed by atoms with van der Waals surface area (Å²) < 4.78 is 11.7. The summed E-state index contributed by atoms with van der Waals surface area (Å²) in [6.45, 7) is 3.19. The number of thioether (sulfide) groups is 1. The Bertz CT molecular complexity index is 689. The summed E-state index contributed by atoms with van der Waals surface area (Å²) >= 11 is 1.56. The molecule has 1 saturated heterocycles. The highest BCUT2D eigenvalue weighted by Gasteiger charge is 2.33. The predicted octanol–water partition coefficient (Wildman–Crippen LogP) is 2.59. The second-order valence-corrected chi connectivity index (χ2v) is 6.05. The normalized spacial score (nSPS) is 20.9. The molecule has 0 amide bonds. The van der Waals surface area contributed by atoms with Crippen molar-refractivity contribution in [1.82, 2.24) is 14.9 Å². The Balaban J connectivity index is 1.81. The lowest BCUT2D eigenvalue weighted by Crippen LogP contribution is -2.42. The van der Waals surface area contributed by atoms with Crippen LogP contribution in [-0.2, 0) is 4.74 Å². The Morgan fingerprint density at radius 2 is 2.05 bits per heavy atom. The van der Waals surface area contributed by atoms with E-state index in [4.69, 9.17) is 14.5 Å². The minimum absolute atomic E-state index is 0.135. The first-order valence-electron chi connectivity index (χ1n) is 7.35. The number of hydrogen-bond acceptors (Lipinski definition) is 6. The molecule has 1 aromatic heterocycles. The third-order valence-electron chi connectivity index (χ3n) is 4.00. The van der Waals surface area contributed by atoms with Crippen molar-refractivity contribution in [2.45, 2.75) is 11.4 Å². The number of aromatic nitrogens is 2. The molecule has 114 valence electrons. The van der Waals surface area contributed by atoms with E-state index < -0.39 is 0 Å². The number of nitrogens with zero attached hydrogens (tertiary/aromatic N) is 3. The summed E-state index contributed by atoms with van der Waals surface area (Å²) in [5.41, 5.74) is 3.07. The van der Waals surface area contributed by atoms with E-state index in [-0.39, 0.29) is 6.23 Å². The van der Waals surface area contributed by atoms with Crippen LogP contribution in [-0.4, -0.2) is 47.4 Å². The van der Waals surface area contributed by atoms with Crippen molar-refractivity contribution in [3.8, 4) is 17.0 Å². The van der Waals surface area contributed by atoms with Crippen molar-refractivity contribution in [2.75, 3.05) is 32.6 Å². The van der Waals surface area contributed by atoms with Crippen LogP contribution in [0.2, 0.25) is 0 Å². The van der Waals surface area contributed by atoms with Gasteiger partial charge in [0.2, 0.25) is 0 Å². The third kappa shape index (κ3) is 2.37. The van der Waals surface area contributed by atoms with Crippen LogP contribution in [0.15, 0.2) is 35.6 Å². The number of benzene rings is 1. The zero-order chi connectivity index (χ0) is 14.9. The van der Waals surface area contributed by atoms with Crippen LogP contribution in [0.3, 0.4) is 0 Å². The molecule has 5 nitrogen and oxygen atoms in total. The summed E-state index contributed by atoms with van der Waals surface area (Å²) in [5.74, 6) is 0.886. The molecule has 4 rings (SSSR count). The van der Waals surface area contributed by atoms with Gasteiger partial charge in [-0.2, -0.15) is 0 Å². The van der Waals surface area contributed by atoms with E-state index in [1.54, 1.807) is 11.8 Å². The SMILES string of the molecule is CSc1ncc2c(n1)-c1ccccc1OC2N1CCOCC1. The Morgan fingerprint density at radius 1 is 1.23 bits per heavy atom. The van der Waals surface area contributed by atoms with Gasteiger partial charge in [0.15, 0.2) is 11.4 Å². The van der Waals surface area contributed by atoms with Crippen molar-refractivity contribution in [3.63, 3.8) is 0 Å². The smallest absolute Gasteiger partial charge is 0.187 e. The number of rotatable bonds is 2. The van der Waals surface area contributed by atoms with E-state index in [1.807, 2.05) is 30.7 Å². The third-order valence-corrected chi connectivity index (χ3v) is 4.56. The van der Waals surface area contributed by atoms with Gasteiger partial charge in [-0.25, -0.2) is 9.97 Å². The molecule has 3 heterocycles. The molecule has 1 atom stereocenters. The topological polar surface area (TPSA) is 47.5 Å². The molecule has 1 fully saturated rings. The highest BCUT2D eigenvalue weighted by Crippen LogP contribution is 2.42. The van der Waals surface area contributed by atoms with Crippen LogP contribution in [0, 0.1) is 0 Å². The zero-order valence-electron chi connectivity index (χ0n) is 12.4. The average Bonchev–Trinajstić information content (AvgIpc) is 2.61. The quantitative estimate of drug-likeness (QED) is 0.627. The molecular weight excluding hydrogens is 298 g/mol. The number of morpholine rings is 1. The van der Waals surface area contributed by atoms with Crippen LogP contribution in [0.4, 0.5) is 0 Å². The van der Waals surface area contributed by atoms with Gasteiger partial charge >= 0.3 is 0 Å². The Kier molecular flexibility index (Phi) is 3.73. The molecule has 2 aliphatic heterocycles. The predicted molar refractivity (Wildman–Crippen MR) is 85.0 cm³/mol. The van der Waals surface area contributed by atoms with Gasteiger partial charge in [0, 0.05) is 24.8 Å². The standard InChI is InChI=1S/C16H17N3O2S/c1-22-16-17-10-12-14(18-16)11-4-2-3-5-13(11)21-15(12)19-6-8-20-9-7-19/h2-5,10,15H,6-9H2,1H3. The van der Waals surface area contributed by atoms with Crippen LogP contribution in [0.1, 0.15) is 11.8 Å². The Hall–Kier alpha value is -1.63. The van der Waals surface area contributed by atoms with Crippen molar-refractivity contribution in [3.05, 3.63) is 36.0 Å². The largest absolute Gasteiger partial charge is 0.470 e. The number of fused-ring (bicyclic) bond motifs is 3. The zero-order valence-corrected chi connectivity index (χ0v) is 13.2. The number of ether oxygens (including phenoxy) is 2. The number of para-hydroxylation sites is 1. The van der Waals surface area contributed by atoms with Gasteiger partial charge in [0.1, 0.15) is 5.75 Å². The number of hydrogen-bond donors (Lipinski definition) is 0. The molecule has 2 aliphatic rings. The monoisotopic (exact) mass is 315 g/mol. The summed E-state index contributed by atoms with van der Waals surface area (Å²) in [4.78, 5) is 11.5. The minimum atomic E-state index is -0.135. The average molecular weight is 315 g/mol. The van der Waals surface area contributed by atoms with Crippen molar-refractivity contribution in [1.29, 1.82) is 0 Å². The van der Waals surface area contributed by atoms with Gasteiger partial charge in [0.05, 0.1) is 24.5 Å². The first-order chi connectivity index (χ1) is 10.9. The van der Waals surface area contributed by atoms with Crippen molar-refractivity contribution < 1.29 is 9.47 Å². The van der Waals surface area contributed by atoms with Crippen LogP contribution >= 0.6 is 11.8 Å². The maximum Gasteiger partial charge on any atom is 0.187 e. The lowest BCUT2D eigenvalue weighted by atomic mass is 10.0. The molecule has 0 aliphatic carbocycles. The van der Waals surface area contributed by atoms with Crippen LogP contribution < -0.4 is 4.74 Å². The van der Waals surface area contributed by atoms with E-state index in [0.29, 0.717) is 0 Å². The summed E-state index contributed by atoms with van der Waals surface area (Å²) in [7, 11) is 0. The lowest BCUT2D eigenvalue weighted by Gasteiger charge is -2.37. The molecule has 6 heteroatoms. The van der Waals surface area contributed by atoms with E-state index in [1.165, 1.54) is 0 Å². The first-order valence-corrected chi connectivity index (χ1v) is 8.58. The van der Waals surface area contributed by atoms with Crippen LogP contribution in [0.25, 0.3) is 11.3 Å². The molecule has 2 aromatic rings. The second kappa shape index (κ2) is 5.87. The molecule has 22 heavy (non-hydrogen) atoms. The van der Waals surface area contributed by atoms with Gasteiger partial charge in [-0.05, 0) is 18.4 Å². The summed E-state index contributed by atoms with van der Waals surface area (Å²) in [6, 6.07) is 8.08.